The summed E-state index contributed by atoms with van der Waals surface area (Å²) in [5.41, 5.74) is 0.276. The number of carboxylic acid groups (broad SMARTS) is 1. The zero-order chi connectivity index (χ0) is 13.3. The largest absolute Gasteiger partial charge is 0.481 e. The Morgan fingerprint density at radius 1 is 1.12 bits per heavy atom. The maximum Gasteiger partial charge on any atom is 0.333 e. The Bertz CT molecular complexity index is 307. The lowest BCUT2D eigenvalue weighted by Crippen LogP contribution is -2.14. The maximum absolute atomic E-state index is 11.0. The average molecular weight is 244 g/mol. The highest BCUT2D eigenvalue weighted by Gasteiger charge is 2.06. The summed E-state index contributed by atoms with van der Waals surface area (Å²) in [4.78, 5) is 32.1. The van der Waals surface area contributed by atoms with Gasteiger partial charge in [0.25, 0.3) is 0 Å². The fourth-order valence-corrected chi connectivity index (χ4v) is 0.869. The third kappa shape index (κ3) is 9.10. The zero-order valence-corrected chi connectivity index (χ0v) is 9.73. The number of rotatable bonds is 8. The first-order chi connectivity index (χ1) is 7.93. The smallest absolute Gasteiger partial charge is 0.333 e. The van der Waals surface area contributed by atoms with Crippen LogP contribution in [0.15, 0.2) is 12.2 Å². The summed E-state index contributed by atoms with van der Waals surface area (Å²) in [6, 6.07) is 0. The van der Waals surface area contributed by atoms with Crippen LogP contribution in [0.3, 0.4) is 0 Å². The van der Waals surface area contributed by atoms with Crippen LogP contribution < -0.4 is 0 Å². The highest BCUT2D eigenvalue weighted by atomic mass is 16.6. The molecule has 0 aromatic carbocycles. The minimum Gasteiger partial charge on any atom is -0.481 e. The molecule has 0 radical (unpaired) electrons. The molecular formula is C11H16O6. The Kier molecular flexibility index (Phi) is 7.41. The van der Waals surface area contributed by atoms with E-state index in [1.165, 1.54) is 6.92 Å². The van der Waals surface area contributed by atoms with E-state index in [4.69, 9.17) is 9.84 Å². The van der Waals surface area contributed by atoms with E-state index in [1.54, 1.807) is 0 Å². The van der Waals surface area contributed by atoms with E-state index in [9.17, 15) is 14.4 Å². The van der Waals surface area contributed by atoms with Crippen molar-refractivity contribution in [3.63, 3.8) is 0 Å². The molecule has 96 valence electrons. The molecule has 0 heterocycles. The van der Waals surface area contributed by atoms with Crippen molar-refractivity contribution in [3.05, 3.63) is 12.2 Å². The topological polar surface area (TPSA) is 89.9 Å². The second-order valence-corrected chi connectivity index (χ2v) is 3.38. The highest BCUT2D eigenvalue weighted by molar-refractivity contribution is 5.86. The Hall–Kier alpha value is -1.85. The van der Waals surface area contributed by atoms with E-state index >= 15 is 0 Å². The van der Waals surface area contributed by atoms with Crippen LogP contribution >= 0.6 is 0 Å². The van der Waals surface area contributed by atoms with Gasteiger partial charge in [0.05, 0.1) is 0 Å². The zero-order valence-electron chi connectivity index (χ0n) is 9.73. The van der Waals surface area contributed by atoms with E-state index in [2.05, 4.69) is 11.3 Å². The molecule has 6 nitrogen and oxygen atoms in total. The third-order valence-electron chi connectivity index (χ3n) is 1.70. The minimum atomic E-state index is -0.951. The molecule has 0 aliphatic carbocycles. The minimum absolute atomic E-state index is 0.0314. The van der Waals surface area contributed by atoms with Gasteiger partial charge in [0.15, 0.2) is 0 Å². The van der Waals surface area contributed by atoms with Crippen LogP contribution in [0.1, 0.15) is 26.2 Å². The molecule has 0 aromatic heterocycles. The number of aliphatic carboxylic acids is 1. The van der Waals surface area contributed by atoms with Crippen molar-refractivity contribution in [2.75, 3.05) is 13.2 Å². The molecule has 0 rings (SSSR count). The van der Waals surface area contributed by atoms with Gasteiger partial charge in [-0.25, -0.2) is 4.79 Å². The van der Waals surface area contributed by atoms with Crippen molar-refractivity contribution in [2.45, 2.75) is 26.2 Å². The van der Waals surface area contributed by atoms with Crippen molar-refractivity contribution in [1.82, 2.24) is 0 Å². The molecule has 0 aliphatic heterocycles. The van der Waals surface area contributed by atoms with Crippen molar-refractivity contribution in [2.24, 2.45) is 0 Å². The van der Waals surface area contributed by atoms with Gasteiger partial charge in [-0.3, -0.25) is 9.59 Å². The summed E-state index contributed by atoms with van der Waals surface area (Å²) in [6.07, 6.45) is 0.209. The number of carbonyl (C=O) groups is 3. The van der Waals surface area contributed by atoms with E-state index < -0.39 is 17.9 Å². The van der Waals surface area contributed by atoms with Crippen LogP contribution in [0.4, 0.5) is 0 Å². The SMILES string of the molecule is C=C(C)C(=O)OCCOC(=O)CCCC(=O)O. The van der Waals surface area contributed by atoms with E-state index in [-0.39, 0.29) is 38.0 Å². The lowest BCUT2D eigenvalue weighted by molar-refractivity contribution is -0.150. The summed E-state index contributed by atoms with van der Waals surface area (Å²) in [6.45, 7) is 4.83. The molecule has 0 amide bonds. The van der Waals surface area contributed by atoms with Gasteiger partial charge in [0, 0.05) is 18.4 Å². The van der Waals surface area contributed by atoms with E-state index in [0.29, 0.717) is 0 Å². The van der Waals surface area contributed by atoms with E-state index in [1.807, 2.05) is 0 Å². The van der Waals surface area contributed by atoms with Gasteiger partial charge in [0.1, 0.15) is 13.2 Å². The fourth-order valence-electron chi connectivity index (χ4n) is 0.869. The number of ether oxygens (including phenoxy) is 2. The summed E-state index contributed by atoms with van der Waals surface area (Å²) in [5, 5.41) is 8.34. The fraction of sp³-hybridized carbons (Fsp3) is 0.545. The van der Waals surface area contributed by atoms with Gasteiger partial charge >= 0.3 is 17.9 Å². The van der Waals surface area contributed by atoms with Gasteiger partial charge in [-0.15, -0.1) is 0 Å². The lowest BCUT2D eigenvalue weighted by Gasteiger charge is -2.05. The highest BCUT2D eigenvalue weighted by Crippen LogP contribution is 1.98. The number of esters is 2. The third-order valence-corrected chi connectivity index (χ3v) is 1.70. The molecule has 1 N–H and O–H groups in total. The van der Waals surface area contributed by atoms with Crippen LogP contribution in [0.2, 0.25) is 0 Å². The molecule has 0 spiro atoms. The molecule has 17 heavy (non-hydrogen) atoms. The Labute approximate surface area is 99.2 Å². The van der Waals surface area contributed by atoms with Crippen molar-refractivity contribution in [1.29, 1.82) is 0 Å². The second kappa shape index (κ2) is 8.32. The van der Waals surface area contributed by atoms with Gasteiger partial charge < -0.3 is 14.6 Å². The quantitative estimate of drug-likeness (QED) is 0.387. The van der Waals surface area contributed by atoms with Crippen molar-refractivity contribution < 1.29 is 29.0 Å². The number of carboxylic acids is 1. The molecule has 0 aromatic rings. The van der Waals surface area contributed by atoms with Crippen LogP contribution in [0.5, 0.6) is 0 Å². The predicted octanol–water partition coefficient (Wildman–Crippen LogP) is 0.904. The predicted molar refractivity (Wildman–Crippen MR) is 58.2 cm³/mol. The summed E-state index contributed by atoms with van der Waals surface area (Å²) < 4.78 is 9.40. The number of carbonyl (C=O) groups excluding carboxylic acids is 2. The van der Waals surface area contributed by atoms with Crippen LogP contribution in [0.25, 0.3) is 0 Å². The summed E-state index contributed by atoms with van der Waals surface area (Å²) in [5.74, 6) is -1.99. The Morgan fingerprint density at radius 3 is 2.24 bits per heavy atom. The molecule has 0 fully saturated rings. The first kappa shape index (κ1) is 15.2. The number of hydrogen-bond acceptors (Lipinski definition) is 5. The normalized spacial score (nSPS) is 9.47. The lowest BCUT2D eigenvalue weighted by atomic mass is 10.2. The second-order valence-electron chi connectivity index (χ2n) is 3.38. The maximum atomic E-state index is 11.0. The summed E-state index contributed by atoms with van der Waals surface area (Å²) >= 11 is 0. The molecule has 0 saturated carbocycles. The van der Waals surface area contributed by atoms with Crippen LogP contribution in [-0.2, 0) is 23.9 Å². The molecule has 0 aliphatic rings. The van der Waals surface area contributed by atoms with Gasteiger partial charge in [-0.1, -0.05) is 6.58 Å². The number of hydrogen-bond donors (Lipinski definition) is 1. The van der Waals surface area contributed by atoms with Gasteiger partial charge in [-0.05, 0) is 13.3 Å². The first-order valence-electron chi connectivity index (χ1n) is 5.13. The molecule has 0 bridgehead atoms. The van der Waals surface area contributed by atoms with E-state index in [0.717, 1.165) is 0 Å². The monoisotopic (exact) mass is 244 g/mol. The molecular weight excluding hydrogens is 228 g/mol. The van der Waals surface area contributed by atoms with Crippen molar-refractivity contribution in [3.8, 4) is 0 Å². The van der Waals surface area contributed by atoms with Crippen LogP contribution in [-0.4, -0.2) is 36.2 Å². The Balaban J connectivity index is 3.48. The molecule has 0 unspecified atom stereocenters. The van der Waals surface area contributed by atoms with Crippen molar-refractivity contribution >= 4 is 17.9 Å². The average Bonchev–Trinajstić information content (AvgIpc) is 2.23. The molecule has 0 saturated heterocycles. The molecule has 6 heteroatoms. The van der Waals surface area contributed by atoms with Gasteiger partial charge in [0.2, 0.25) is 0 Å². The van der Waals surface area contributed by atoms with Crippen LogP contribution in [0, 0.1) is 0 Å². The summed E-state index contributed by atoms with van der Waals surface area (Å²) in [7, 11) is 0. The molecule has 0 atom stereocenters. The Morgan fingerprint density at radius 2 is 1.71 bits per heavy atom. The first-order valence-corrected chi connectivity index (χ1v) is 5.13. The standard InChI is InChI=1S/C11H16O6/c1-8(2)11(15)17-7-6-16-10(14)5-3-4-9(12)13/h1,3-7H2,2H3,(H,12,13). The van der Waals surface area contributed by atoms with Gasteiger partial charge in [-0.2, -0.15) is 0 Å².